The smallest absolute Gasteiger partial charge is 0.375 e. The second-order valence-electron chi connectivity index (χ2n) is 4.12. The molecule has 0 radical (unpaired) electrons. The van der Waals surface area contributed by atoms with Crippen molar-refractivity contribution >= 4 is 16.2 Å². The van der Waals surface area contributed by atoms with Gasteiger partial charge in [0.1, 0.15) is 0 Å². The van der Waals surface area contributed by atoms with E-state index in [0.717, 1.165) is 4.31 Å². The van der Waals surface area contributed by atoms with Crippen LogP contribution in [0, 0.1) is 0 Å². The zero-order valence-corrected chi connectivity index (χ0v) is 10.8. The molecule has 1 aliphatic heterocycles. The zero-order valence-electron chi connectivity index (χ0n) is 9.95. The summed E-state index contributed by atoms with van der Waals surface area (Å²) in [6.45, 7) is 0.236. The minimum atomic E-state index is -3.56. The number of rotatable bonds is 3. The van der Waals surface area contributed by atoms with Gasteiger partial charge in [0.05, 0.1) is 5.69 Å². The molecule has 0 spiro atoms. The van der Waals surface area contributed by atoms with Gasteiger partial charge in [0.15, 0.2) is 0 Å². The highest BCUT2D eigenvalue weighted by Gasteiger charge is 2.33. The summed E-state index contributed by atoms with van der Waals surface area (Å²) >= 11 is 0. The van der Waals surface area contributed by atoms with E-state index in [1.165, 1.54) is 18.4 Å². The predicted octanol–water partition coefficient (Wildman–Crippen LogP) is -0.463. The van der Waals surface area contributed by atoms with Gasteiger partial charge < -0.3 is 9.63 Å². The van der Waals surface area contributed by atoms with E-state index in [2.05, 4.69) is 5.16 Å². The number of nitrogens with zero attached hydrogens (tertiary/aromatic N) is 3. The van der Waals surface area contributed by atoms with Gasteiger partial charge in [0.25, 0.3) is 10.2 Å². The Hall–Kier alpha value is -1.45. The van der Waals surface area contributed by atoms with Gasteiger partial charge in [-0.2, -0.15) is 17.0 Å². The standard InChI is InChI=1S/C9H13N3O5S/c1-11(2)18(15,16)12-4-3-7-6(5-12)8(9(13)14)17-10-7/h3-5H2,1-2H3,(H,13,14). The summed E-state index contributed by atoms with van der Waals surface area (Å²) in [5, 5.41) is 12.6. The molecule has 2 heterocycles. The Labute approximate surface area is 104 Å². The Morgan fingerprint density at radius 2 is 2.17 bits per heavy atom. The third kappa shape index (κ3) is 2.00. The molecule has 18 heavy (non-hydrogen) atoms. The van der Waals surface area contributed by atoms with Gasteiger partial charge in [-0.05, 0) is 0 Å². The first kappa shape index (κ1) is 13.0. The highest BCUT2D eigenvalue weighted by atomic mass is 32.2. The summed E-state index contributed by atoms with van der Waals surface area (Å²) in [5.41, 5.74) is 0.844. The number of aromatic nitrogens is 1. The number of carbonyl (C=O) groups is 1. The minimum Gasteiger partial charge on any atom is -0.475 e. The van der Waals surface area contributed by atoms with Gasteiger partial charge in [-0.25, -0.2) is 4.79 Å². The van der Waals surface area contributed by atoms with Gasteiger partial charge in [-0.3, -0.25) is 0 Å². The van der Waals surface area contributed by atoms with Crippen LogP contribution in [0.3, 0.4) is 0 Å². The first-order valence-electron chi connectivity index (χ1n) is 5.22. The number of aromatic carboxylic acids is 1. The Morgan fingerprint density at radius 1 is 1.50 bits per heavy atom. The van der Waals surface area contributed by atoms with Crippen LogP contribution in [0.15, 0.2) is 4.52 Å². The molecule has 0 fully saturated rings. The van der Waals surface area contributed by atoms with Crippen molar-refractivity contribution in [1.29, 1.82) is 0 Å². The van der Waals surface area contributed by atoms with E-state index in [-0.39, 0.29) is 18.8 Å². The van der Waals surface area contributed by atoms with Crippen molar-refractivity contribution < 1.29 is 22.8 Å². The number of hydrogen-bond acceptors (Lipinski definition) is 5. The van der Waals surface area contributed by atoms with E-state index >= 15 is 0 Å². The summed E-state index contributed by atoms with van der Waals surface area (Å²) in [5.74, 6) is -1.53. The molecule has 100 valence electrons. The molecular formula is C9H13N3O5S. The lowest BCUT2D eigenvalue weighted by Gasteiger charge is -2.27. The second kappa shape index (κ2) is 4.34. The summed E-state index contributed by atoms with van der Waals surface area (Å²) in [4.78, 5) is 10.9. The maximum Gasteiger partial charge on any atom is 0.375 e. The molecule has 0 bridgehead atoms. The third-order valence-corrected chi connectivity index (χ3v) is 4.67. The lowest BCUT2D eigenvalue weighted by atomic mass is 10.1. The van der Waals surface area contributed by atoms with Crippen molar-refractivity contribution in [2.75, 3.05) is 20.6 Å². The van der Waals surface area contributed by atoms with Crippen molar-refractivity contribution in [1.82, 2.24) is 13.8 Å². The topological polar surface area (TPSA) is 104 Å². The Bertz CT molecular complexity index is 577. The van der Waals surface area contributed by atoms with Crippen LogP contribution in [0.4, 0.5) is 0 Å². The molecule has 0 saturated heterocycles. The normalized spacial score (nSPS) is 16.8. The lowest BCUT2D eigenvalue weighted by molar-refractivity contribution is 0.0649. The van der Waals surface area contributed by atoms with E-state index in [1.54, 1.807) is 0 Å². The first-order chi connectivity index (χ1) is 8.34. The molecule has 8 nitrogen and oxygen atoms in total. The van der Waals surface area contributed by atoms with Crippen molar-refractivity contribution in [3.05, 3.63) is 17.0 Å². The fourth-order valence-corrected chi connectivity index (χ4v) is 2.86. The van der Waals surface area contributed by atoms with Gasteiger partial charge in [-0.1, -0.05) is 5.16 Å². The van der Waals surface area contributed by atoms with E-state index < -0.39 is 16.2 Å². The molecule has 1 aromatic heterocycles. The second-order valence-corrected chi connectivity index (χ2v) is 6.26. The summed E-state index contributed by atoms with van der Waals surface area (Å²) in [6.07, 6.45) is 0.346. The number of fused-ring (bicyclic) bond motifs is 1. The molecule has 1 N–H and O–H groups in total. The van der Waals surface area contributed by atoms with Gasteiger partial charge >= 0.3 is 5.97 Å². The fraction of sp³-hybridized carbons (Fsp3) is 0.556. The Morgan fingerprint density at radius 3 is 2.72 bits per heavy atom. The highest BCUT2D eigenvalue weighted by Crippen LogP contribution is 2.24. The molecule has 0 saturated carbocycles. The molecule has 0 amide bonds. The molecular weight excluding hydrogens is 262 g/mol. The monoisotopic (exact) mass is 275 g/mol. The van der Waals surface area contributed by atoms with Crippen LogP contribution < -0.4 is 0 Å². The predicted molar refractivity (Wildman–Crippen MR) is 60.2 cm³/mol. The van der Waals surface area contributed by atoms with Crippen LogP contribution in [0.1, 0.15) is 21.8 Å². The van der Waals surface area contributed by atoms with Crippen LogP contribution in [0.5, 0.6) is 0 Å². The van der Waals surface area contributed by atoms with Gasteiger partial charge in [-0.15, -0.1) is 0 Å². The van der Waals surface area contributed by atoms with Crippen molar-refractivity contribution in [3.8, 4) is 0 Å². The molecule has 0 unspecified atom stereocenters. The van der Waals surface area contributed by atoms with Crippen LogP contribution in [0.25, 0.3) is 0 Å². The summed E-state index contributed by atoms with van der Waals surface area (Å²) in [6, 6.07) is 0. The van der Waals surface area contributed by atoms with Gasteiger partial charge in [0, 0.05) is 39.2 Å². The van der Waals surface area contributed by atoms with E-state index in [9.17, 15) is 13.2 Å². The lowest BCUT2D eigenvalue weighted by Crippen LogP contribution is -2.42. The molecule has 0 atom stereocenters. The average Bonchev–Trinajstić information content (AvgIpc) is 2.71. The van der Waals surface area contributed by atoms with E-state index in [4.69, 9.17) is 9.63 Å². The molecule has 9 heteroatoms. The molecule has 2 rings (SSSR count). The maximum atomic E-state index is 12.0. The van der Waals surface area contributed by atoms with Crippen LogP contribution >= 0.6 is 0 Å². The highest BCUT2D eigenvalue weighted by molar-refractivity contribution is 7.86. The van der Waals surface area contributed by atoms with Gasteiger partial charge in [0.2, 0.25) is 5.76 Å². The largest absolute Gasteiger partial charge is 0.475 e. The van der Waals surface area contributed by atoms with Crippen LogP contribution in [-0.4, -0.2) is 53.9 Å². The van der Waals surface area contributed by atoms with Crippen molar-refractivity contribution in [2.45, 2.75) is 13.0 Å². The van der Waals surface area contributed by atoms with Crippen LogP contribution in [0.2, 0.25) is 0 Å². The first-order valence-corrected chi connectivity index (χ1v) is 6.62. The minimum absolute atomic E-state index is 0.0268. The summed E-state index contributed by atoms with van der Waals surface area (Å²) < 4.78 is 30.9. The number of hydrogen-bond donors (Lipinski definition) is 1. The molecule has 0 aromatic carbocycles. The van der Waals surface area contributed by atoms with E-state index in [0.29, 0.717) is 17.7 Å². The quantitative estimate of drug-likeness (QED) is 0.800. The SMILES string of the molecule is CN(C)S(=O)(=O)N1CCc2noc(C(=O)O)c2C1. The fourth-order valence-electron chi connectivity index (χ4n) is 1.78. The average molecular weight is 275 g/mol. The van der Waals surface area contributed by atoms with Crippen molar-refractivity contribution in [2.24, 2.45) is 0 Å². The molecule has 0 aliphatic carbocycles. The zero-order chi connectivity index (χ0) is 13.5. The maximum absolute atomic E-state index is 12.0. The molecule has 1 aromatic rings. The Kier molecular flexibility index (Phi) is 3.13. The number of carboxylic acid groups (broad SMARTS) is 1. The van der Waals surface area contributed by atoms with E-state index in [1.807, 2.05) is 0 Å². The summed E-state index contributed by atoms with van der Waals surface area (Å²) in [7, 11) is -0.704. The molecule has 1 aliphatic rings. The van der Waals surface area contributed by atoms with Crippen molar-refractivity contribution in [3.63, 3.8) is 0 Å². The number of carboxylic acids is 1. The Balaban J connectivity index is 2.35. The van der Waals surface area contributed by atoms with Crippen LogP contribution in [-0.2, 0) is 23.2 Å². The third-order valence-electron chi connectivity index (χ3n) is 2.78.